The maximum atomic E-state index is 12.6. The number of aryl methyl sites for hydroxylation is 2. The molecule has 0 bridgehead atoms. The highest BCUT2D eigenvalue weighted by atomic mass is 32.1. The predicted octanol–water partition coefficient (Wildman–Crippen LogP) is 4.53. The number of carbonyl (C=O) groups excluding carboxylic acids is 1. The van der Waals surface area contributed by atoms with E-state index in [1.807, 2.05) is 37.3 Å². The number of rotatable bonds is 7. The summed E-state index contributed by atoms with van der Waals surface area (Å²) in [5.74, 6) is 1.57. The maximum Gasteiger partial charge on any atom is 0.355 e. The summed E-state index contributed by atoms with van der Waals surface area (Å²) in [6.07, 6.45) is 0.686. The van der Waals surface area contributed by atoms with Crippen molar-refractivity contribution in [2.45, 2.75) is 26.9 Å². The summed E-state index contributed by atoms with van der Waals surface area (Å²) in [7, 11) is 0. The lowest BCUT2D eigenvalue weighted by atomic mass is 10.2. The van der Waals surface area contributed by atoms with Gasteiger partial charge in [0, 0.05) is 6.42 Å². The van der Waals surface area contributed by atoms with Crippen LogP contribution in [0.2, 0.25) is 0 Å². The van der Waals surface area contributed by atoms with Crippen LogP contribution in [0.4, 0.5) is 0 Å². The van der Waals surface area contributed by atoms with Crippen molar-refractivity contribution in [3.05, 3.63) is 87.5 Å². The van der Waals surface area contributed by atoms with Crippen molar-refractivity contribution in [2.24, 2.45) is 0 Å². The van der Waals surface area contributed by atoms with Crippen LogP contribution in [0, 0.1) is 13.8 Å². The third-order valence-electron chi connectivity index (χ3n) is 4.19. The Kier molecular flexibility index (Phi) is 5.85. The summed E-state index contributed by atoms with van der Waals surface area (Å²) in [6, 6.07) is 16.8. The molecule has 0 saturated carbocycles. The molecule has 30 heavy (non-hydrogen) atoms. The minimum atomic E-state index is -0.417. The predicted molar refractivity (Wildman–Crippen MR) is 111 cm³/mol. The number of ether oxygens (including phenoxy) is 2. The first-order valence-corrected chi connectivity index (χ1v) is 10.1. The molecule has 152 valence electrons. The summed E-state index contributed by atoms with van der Waals surface area (Å²) in [4.78, 5) is 21.7. The number of esters is 1. The standard InChI is InChI=1S/C22H19N3O4S/c1-14-21(30-20(23-14)12-16-6-4-3-5-7-16)22(26)28-18-10-8-17(9-11-18)27-13-19-24-15(2)25-29-19/h3-11H,12-13H2,1-2H3. The van der Waals surface area contributed by atoms with Crippen molar-refractivity contribution in [1.29, 1.82) is 0 Å². The van der Waals surface area contributed by atoms with Crippen LogP contribution in [0.15, 0.2) is 59.1 Å². The lowest BCUT2D eigenvalue weighted by Crippen LogP contribution is -2.08. The van der Waals surface area contributed by atoms with Crippen LogP contribution in [-0.4, -0.2) is 21.1 Å². The molecule has 4 rings (SSSR count). The largest absolute Gasteiger partial charge is 0.484 e. The molecule has 2 aromatic carbocycles. The van der Waals surface area contributed by atoms with E-state index in [4.69, 9.17) is 14.0 Å². The second-order valence-corrected chi connectivity index (χ2v) is 7.65. The van der Waals surface area contributed by atoms with Gasteiger partial charge in [-0.3, -0.25) is 0 Å². The lowest BCUT2D eigenvalue weighted by Gasteiger charge is -2.06. The SMILES string of the molecule is Cc1noc(COc2ccc(OC(=O)c3sc(Cc4ccccc4)nc3C)cc2)n1. The van der Waals surface area contributed by atoms with Gasteiger partial charge in [0.2, 0.25) is 0 Å². The fourth-order valence-electron chi connectivity index (χ4n) is 2.79. The topological polar surface area (TPSA) is 87.3 Å². The second kappa shape index (κ2) is 8.87. The molecule has 4 aromatic rings. The molecule has 0 radical (unpaired) electrons. The Labute approximate surface area is 177 Å². The van der Waals surface area contributed by atoms with Crippen LogP contribution >= 0.6 is 11.3 Å². The van der Waals surface area contributed by atoms with Gasteiger partial charge >= 0.3 is 5.97 Å². The number of carbonyl (C=O) groups is 1. The fourth-order valence-corrected chi connectivity index (χ4v) is 3.76. The van der Waals surface area contributed by atoms with Crippen molar-refractivity contribution in [1.82, 2.24) is 15.1 Å². The van der Waals surface area contributed by atoms with E-state index >= 15 is 0 Å². The molecule has 0 atom stereocenters. The summed E-state index contributed by atoms with van der Waals surface area (Å²) in [5, 5.41) is 4.59. The monoisotopic (exact) mass is 421 g/mol. The van der Waals surface area contributed by atoms with Gasteiger partial charge in [0.25, 0.3) is 5.89 Å². The van der Waals surface area contributed by atoms with E-state index in [0.717, 1.165) is 10.6 Å². The lowest BCUT2D eigenvalue weighted by molar-refractivity contribution is 0.0738. The molecule has 0 unspecified atom stereocenters. The molecular weight excluding hydrogens is 402 g/mol. The quantitative estimate of drug-likeness (QED) is 0.320. The molecular formula is C22H19N3O4S. The first-order valence-electron chi connectivity index (χ1n) is 9.31. The fraction of sp³-hybridized carbons (Fsp3) is 0.182. The third-order valence-corrected chi connectivity index (χ3v) is 5.33. The normalized spacial score (nSPS) is 10.7. The molecule has 7 nitrogen and oxygen atoms in total. The number of thiazole rings is 1. The zero-order valence-electron chi connectivity index (χ0n) is 16.5. The second-order valence-electron chi connectivity index (χ2n) is 6.57. The van der Waals surface area contributed by atoms with Crippen molar-refractivity contribution in [3.63, 3.8) is 0 Å². The summed E-state index contributed by atoms with van der Waals surface area (Å²) < 4.78 is 16.1. The Morgan fingerprint density at radius 3 is 2.43 bits per heavy atom. The van der Waals surface area contributed by atoms with Crippen LogP contribution in [0.1, 0.15) is 37.7 Å². The Morgan fingerprint density at radius 1 is 1.00 bits per heavy atom. The van der Waals surface area contributed by atoms with Gasteiger partial charge < -0.3 is 14.0 Å². The van der Waals surface area contributed by atoms with E-state index in [1.54, 1.807) is 31.2 Å². The van der Waals surface area contributed by atoms with Crippen LogP contribution in [0.3, 0.4) is 0 Å². The zero-order chi connectivity index (χ0) is 20.9. The Balaban J connectivity index is 1.36. The smallest absolute Gasteiger partial charge is 0.355 e. The van der Waals surface area contributed by atoms with Crippen molar-refractivity contribution in [2.75, 3.05) is 0 Å². The van der Waals surface area contributed by atoms with E-state index in [2.05, 4.69) is 15.1 Å². The molecule has 8 heteroatoms. The first-order chi connectivity index (χ1) is 14.6. The Bertz CT molecular complexity index is 1140. The van der Waals surface area contributed by atoms with E-state index in [0.29, 0.717) is 40.2 Å². The average Bonchev–Trinajstić information content (AvgIpc) is 3.33. The molecule has 0 saturated heterocycles. The van der Waals surface area contributed by atoms with Crippen molar-refractivity contribution < 1.29 is 18.8 Å². The Morgan fingerprint density at radius 2 is 1.73 bits per heavy atom. The summed E-state index contributed by atoms with van der Waals surface area (Å²) in [6.45, 7) is 3.73. The van der Waals surface area contributed by atoms with Gasteiger partial charge in [0.15, 0.2) is 12.4 Å². The van der Waals surface area contributed by atoms with Crippen LogP contribution < -0.4 is 9.47 Å². The molecule has 0 N–H and O–H groups in total. The van der Waals surface area contributed by atoms with E-state index in [9.17, 15) is 4.79 Å². The van der Waals surface area contributed by atoms with Gasteiger partial charge in [-0.25, -0.2) is 9.78 Å². The summed E-state index contributed by atoms with van der Waals surface area (Å²) >= 11 is 1.36. The first kappa shape index (κ1) is 19.8. The molecule has 0 amide bonds. The van der Waals surface area contributed by atoms with Gasteiger partial charge in [-0.2, -0.15) is 4.98 Å². The Hall–Kier alpha value is -3.52. The van der Waals surface area contributed by atoms with Gasteiger partial charge in [-0.15, -0.1) is 11.3 Å². The molecule has 2 heterocycles. The van der Waals surface area contributed by atoms with E-state index < -0.39 is 5.97 Å². The van der Waals surface area contributed by atoms with Gasteiger partial charge in [0.1, 0.15) is 16.4 Å². The third kappa shape index (κ3) is 4.90. The maximum absolute atomic E-state index is 12.6. The molecule has 2 aromatic heterocycles. The number of hydrogen-bond donors (Lipinski definition) is 0. The van der Waals surface area contributed by atoms with Gasteiger partial charge in [-0.05, 0) is 43.7 Å². The number of hydrogen-bond acceptors (Lipinski definition) is 8. The van der Waals surface area contributed by atoms with Crippen molar-refractivity contribution in [3.8, 4) is 11.5 Å². The summed E-state index contributed by atoms with van der Waals surface area (Å²) in [5.41, 5.74) is 1.82. The molecule has 0 aliphatic heterocycles. The van der Waals surface area contributed by atoms with Crippen LogP contribution in [-0.2, 0) is 13.0 Å². The minimum absolute atomic E-state index is 0.171. The molecule has 0 aliphatic rings. The molecule has 0 aliphatic carbocycles. The number of nitrogens with zero attached hydrogens (tertiary/aromatic N) is 3. The van der Waals surface area contributed by atoms with Gasteiger partial charge in [0.05, 0.1) is 10.7 Å². The van der Waals surface area contributed by atoms with E-state index in [-0.39, 0.29) is 6.61 Å². The van der Waals surface area contributed by atoms with Crippen LogP contribution in [0.5, 0.6) is 11.5 Å². The number of benzene rings is 2. The van der Waals surface area contributed by atoms with Gasteiger partial charge in [-0.1, -0.05) is 35.5 Å². The highest BCUT2D eigenvalue weighted by Gasteiger charge is 2.18. The number of aromatic nitrogens is 3. The van der Waals surface area contributed by atoms with E-state index in [1.165, 1.54) is 11.3 Å². The average molecular weight is 421 g/mol. The van der Waals surface area contributed by atoms with Crippen LogP contribution in [0.25, 0.3) is 0 Å². The molecule has 0 spiro atoms. The molecule has 0 fully saturated rings. The van der Waals surface area contributed by atoms with Crippen molar-refractivity contribution >= 4 is 17.3 Å². The highest BCUT2D eigenvalue weighted by Crippen LogP contribution is 2.24. The highest BCUT2D eigenvalue weighted by molar-refractivity contribution is 7.13. The minimum Gasteiger partial charge on any atom is -0.484 e. The zero-order valence-corrected chi connectivity index (χ0v) is 17.3.